The number of para-hydroxylation sites is 1. The molecule has 0 spiro atoms. The van der Waals surface area contributed by atoms with E-state index in [-0.39, 0.29) is 11.8 Å². The number of fused-ring (bicyclic) bond motifs is 1. The summed E-state index contributed by atoms with van der Waals surface area (Å²) in [6, 6.07) is 15.6. The van der Waals surface area contributed by atoms with E-state index in [4.69, 9.17) is 4.74 Å². The van der Waals surface area contributed by atoms with Crippen molar-refractivity contribution in [1.82, 2.24) is 14.8 Å². The van der Waals surface area contributed by atoms with E-state index in [1.54, 1.807) is 11.8 Å². The van der Waals surface area contributed by atoms with Gasteiger partial charge in [-0.2, -0.15) is 14.8 Å². The van der Waals surface area contributed by atoms with Crippen molar-refractivity contribution in [2.24, 2.45) is 0 Å². The third-order valence-electron chi connectivity index (χ3n) is 4.77. The Bertz CT molecular complexity index is 921. The Morgan fingerprint density at radius 2 is 2.08 bits per heavy atom. The Kier molecular flexibility index (Phi) is 4.39. The number of amides is 1. The lowest BCUT2D eigenvalue weighted by molar-refractivity contribution is -0.117. The molecule has 0 bridgehead atoms. The predicted octanol–water partition coefficient (Wildman–Crippen LogP) is 3.33. The molecule has 1 aliphatic rings. The van der Waals surface area contributed by atoms with Crippen LogP contribution in [-0.4, -0.2) is 27.8 Å². The Morgan fingerprint density at radius 3 is 2.88 bits per heavy atom. The topological polar surface area (TPSA) is 69.0 Å². The number of hydrogen-bond donors (Lipinski definition) is 1. The first-order chi connectivity index (χ1) is 12.8. The van der Waals surface area contributed by atoms with Gasteiger partial charge in [-0.05, 0) is 54.7 Å². The maximum Gasteiger partial charge on any atom is 0.234 e. The van der Waals surface area contributed by atoms with Crippen molar-refractivity contribution < 1.29 is 9.53 Å². The van der Waals surface area contributed by atoms with E-state index in [1.807, 2.05) is 42.5 Å². The maximum absolute atomic E-state index is 13.0. The molecule has 4 rings (SSSR count). The van der Waals surface area contributed by atoms with Crippen molar-refractivity contribution >= 4 is 11.9 Å². The van der Waals surface area contributed by atoms with E-state index in [0.29, 0.717) is 5.95 Å². The van der Waals surface area contributed by atoms with Gasteiger partial charge in [0, 0.05) is 0 Å². The zero-order chi connectivity index (χ0) is 17.9. The zero-order valence-electron chi connectivity index (χ0n) is 14.6. The molecule has 3 aromatic rings. The molecule has 0 fully saturated rings. The summed E-state index contributed by atoms with van der Waals surface area (Å²) in [6.45, 7) is 0. The van der Waals surface area contributed by atoms with E-state index < -0.39 is 0 Å². The van der Waals surface area contributed by atoms with Crippen LogP contribution in [0.1, 0.15) is 29.9 Å². The summed E-state index contributed by atoms with van der Waals surface area (Å²) >= 11 is 0. The summed E-state index contributed by atoms with van der Waals surface area (Å²) in [5.41, 5.74) is 3.10. The number of hydrogen-bond acceptors (Lipinski definition) is 4. The van der Waals surface area contributed by atoms with Crippen molar-refractivity contribution in [2.75, 3.05) is 12.4 Å². The summed E-state index contributed by atoms with van der Waals surface area (Å²) in [6.07, 6.45) is 4.23. The minimum atomic E-state index is -0.213. The molecule has 0 saturated carbocycles. The summed E-state index contributed by atoms with van der Waals surface area (Å²) < 4.78 is 6.97. The van der Waals surface area contributed by atoms with Crippen LogP contribution in [0, 0.1) is 0 Å². The normalized spacial score (nSPS) is 16.0. The van der Waals surface area contributed by atoms with E-state index in [2.05, 4.69) is 21.5 Å². The van der Waals surface area contributed by atoms with Gasteiger partial charge in [0.1, 0.15) is 12.1 Å². The molecule has 26 heavy (non-hydrogen) atoms. The Morgan fingerprint density at radius 1 is 1.23 bits per heavy atom. The minimum absolute atomic E-state index is 0.0654. The first-order valence-corrected chi connectivity index (χ1v) is 8.69. The van der Waals surface area contributed by atoms with Crippen molar-refractivity contribution in [3.63, 3.8) is 0 Å². The number of nitrogens with zero attached hydrogens (tertiary/aromatic N) is 3. The van der Waals surface area contributed by atoms with Crippen LogP contribution in [0.15, 0.2) is 54.9 Å². The highest BCUT2D eigenvalue weighted by molar-refractivity contribution is 5.95. The van der Waals surface area contributed by atoms with E-state index in [0.717, 1.165) is 36.3 Å². The largest absolute Gasteiger partial charge is 0.497 e. The van der Waals surface area contributed by atoms with Crippen LogP contribution < -0.4 is 10.1 Å². The van der Waals surface area contributed by atoms with Gasteiger partial charge in [0.25, 0.3) is 0 Å². The second-order valence-corrected chi connectivity index (χ2v) is 6.33. The molecule has 1 heterocycles. The highest BCUT2D eigenvalue weighted by Gasteiger charge is 2.28. The lowest BCUT2D eigenvalue weighted by atomic mass is 9.82. The molecule has 1 atom stereocenters. The fraction of sp³-hybridized carbons (Fsp3) is 0.250. The fourth-order valence-electron chi connectivity index (χ4n) is 3.46. The van der Waals surface area contributed by atoms with Gasteiger partial charge in [-0.3, -0.25) is 10.1 Å². The van der Waals surface area contributed by atoms with Crippen molar-refractivity contribution in [2.45, 2.75) is 25.2 Å². The highest BCUT2D eigenvalue weighted by Crippen LogP contribution is 2.34. The molecule has 2 aromatic carbocycles. The standard InChI is InChI=1S/C20H20N4O2/c1-26-16-11-10-14-6-5-9-17(18(14)12-16)19(25)23-20-21-13-22-24(20)15-7-3-2-4-8-15/h2-4,7-8,10-13,17H,5-6,9H2,1H3,(H,21,22,23,25). The summed E-state index contributed by atoms with van der Waals surface area (Å²) in [5.74, 6) is 0.922. The maximum atomic E-state index is 13.0. The number of carbonyl (C=O) groups is 1. The predicted molar refractivity (Wildman–Crippen MR) is 98.7 cm³/mol. The molecular weight excluding hydrogens is 328 g/mol. The second-order valence-electron chi connectivity index (χ2n) is 6.33. The second kappa shape index (κ2) is 7.00. The summed E-state index contributed by atoms with van der Waals surface area (Å²) in [4.78, 5) is 17.2. The molecule has 1 amide bonds. The quantitative estimate of drug-likeness (QED) is 0.785. The van der Waals surface area contributed by atoms with Crippen LogP contribution in [0.3, 0.4) is 0 Å². The molecule has 1 N–H and O–H groups in total. The number of aryl methyl sites for hydroxylation is 1. The van der Waals surface area contributed by atoms with Crippen molar-refractivity contribution in [3.8, 4) is 11.4 Å². The highest BCUT2D eigenvalue weighted by atomic mass is 16.5. The summed E-state index contributed by atoms with van der Waals surface area (Å²) in [5, 5.41) is 7.17. The van der Waals surface area contributed by atoms with E-state index in [1.165, 1.54) is 11.9 Å². The van der Waals surface area contributed by atoms with Crippen molar-refractivity contribution in [3.05, 3.63) is 66.0 Å². The lowest BCUT2D eigenvalue weighted by Gasteiger charge is -2.25. The average molecular weight is 348 g/mol. The molecule has 0 radical (unpaired) electrons. The number of ether oxygens (including phenoxy) is 1. The minimum Gasteiger partial charge on any atom is -0.497 e. The van der Waals surface area contributed by atoms with Crippen LogP contribution in [0.2, 0.25) is 0 Å². The van der Waals surface area contributed by atoms with Gasteiger partial charge in [0.2, 0.25) is 11.9 Å². The van der Waals surface area contributed by atoms with Crippen molar-refractivity contribution in [1.29, 1.82) is 0 Å². The Hall–Kier alpha value is -3.15. The third-order valence-corrected chi connectivity index (χ3v) is 4.77. The van der Waals surface area contributed by atoms with Crippen LogP contribution in [0.25, 0.3) is 5.69 Å². The van der Waals surface area contributed by atoms with Crippen LogP contribution in [-0.2, 0) is 11.2 Å². The van der Waals surface area contributed by atoms with Crippen LogP contribution in [0.4, 0.5) is 5.95 Å². The van der Waals surface area contributed by atoms with E-state index >= 15 is 0 Å². The molecule has 132 valence electrons. The van der Waals surface area contributed by atoms with Gasteiger partial charge in [-0.15, -0.1) is 0 Å². The smallest absolute Gasteiger partial charge is 0.234 e. The number of benzene rings is 2. The number of anilines is 1. The van der Waals surface area contributed by atoms with Gasteiger partial charge in [0.05, 0.1) is 18.7 Å². The first-order valence-electron chi connectivity index (χ1n) is 8.69. The number of nitrogens with one attached hydrogen (secondary N) is 1. The molecule has 6 heteroatoms. The molecule has 6 nitrogen and oxygen atoms in total. The first kappa shape index (κ1) is 16.3. The third kappa shape index (κ3) is 3.06. The molecule has 1 aromatic heterocycles. The molecular formula is C20H20N4O2. The molecule has 1 unspecified atom stereocenters. The van der Waals surface area contributed by atoms with Gasteiger partial charge in [-0.25, -0.2) is 0 Å². The van der Waals surface area contributed by atoms with Gasteiger partial charge in [-0.1, -0.05) is 24.3 Å². The summed E-state index contributed by atoms with van der Waals surface area (Å²) in [7, 11) is 1.64. The van der Waals surface area contributed by atoms with Gasteiger partial charge in [0.15, 0.2) is 0 Å². The molecule has 0 saturated heterocycles. The molecule has 1 aliphatic carbocycles. The van der Waals surface area contributed by atoms with Crippen LogP contribution >= 0.6 is 0 Å². The molecule has 0 aliphatic heterocycles. The monoisotopic (exact) mass is 348 g/mol. The number of aromatic nitrogens is 3. The Balaban J connectivity index is 1.60. The zero-order valence-corrected chi connectivity index (χ0v) is 14.6. The number of carbonyl (C=O) groups excluding carboxylic acids is 1. The fourth-order valence-corrected chi connectivity index (χ4v) is 3.46. The van der Waals surface area contributed by atoms with Gasteiger partial charge < -0.3 is 4.74 Å². The SMILES string of the molecule is COc1ccc2c(c1)C(C(=O)Nc1ncnn1-c1ccccc1)CCC2. The number of methoxy groups -OCH3 is 1. The lowest BCUT2D eigenvalue weighted by Crippen LogP contribution is -2.26. The number of rotatable bonds is 4. The van der Waals surface area contributed by atoms with Gasteiger partial charge >= 0.3 is 0 Å². The Labute approximate surface area is 151 Å². The van der Waals surface area contributed by atoms with E-state index in [9.17, 15) is 4.79 Å². The average Bonchev–Trinajstić information content (AvgIpc) is 3.15. The van der Waals surface area contributed by atoms with Crippen LogP contribution in [0.5, 0.6) is 5.75 Å².